The molecular formula is C14H13FINO. The fourth-order valence-electron chi connectivity index (χ4n) is 1.54. The van der Waals surface area contributed by atoms with E-state index >= 15 is 0 Å². The number of ether oxygens (including phenoxy) is 1. The van der Waals surface area contributed by atoms with Crippen LogP contribution >= 0.6 is 22.6 Å². The number of nitrogens with two attached hydrogens (primary N) is 1. The third-order valence-electron chi connectivity index (χ3n) is 2.51. The number of halogens is 2. The molecule has 2 aromatic rings. The second-order valence-electron chi connectivity index (χ2n) is 4.04. The molecule has 0 aromatic heterocycles. The van der Waals surface area contributed by atoms with Crippen LogP contribution in [-0.4, -0.2) is 0 Å². The first-order valence-corrected chi connectivity index (χ1v) is 6.62. The van der Waals surface area contributed by atoms with Crippen molar-refractivity contribution in [3.05, 3.63) is 57.4 Å². The van der Waals surface area contributed by atoms with Crippen LogP contribution in [0.1, 0.15) is 18.5 Å². The Morgan fingerprint density at radius 2 is 2.00 bits per heavy atom. The average Bonchev–Trinajstić information content (AvgIpc) is 2.31. The first-order chi connectivity index (χ1) is 8.56. The number of hydrogen-bond acceptors (Lipinski definition) is 2. The lowest BCUT2D eigenvalue weighted by Crippen LogP contribution is -2.05. The summed E-state index contributed by atoms with van der Waals surface area (Å²) in [5.41, 5.74) is 6.45. The zero-order valence-electron chi connectivity index (χ0n) is 9.86. The van der Waals surface area contributed by atoms with Gasteiger partial charge in [-0.15, -0.1) is 0 Å². The van der Waals surface area contributed by atoms with E-state index < -0.39 is 5.82 Å². The Kier molecular flexibility index (Phi) is 4.19. The number of benzene rings is 2. The third kappa shape index (κ3) is 3.20. The molecule has 2 aromatic carbocycles. The fraction of sp³-hybridized carbons (Fsp3) is 0.143. The molecule has 1 atom stereocenters. The highest BCUT2D eigenvalue weighted by Gasteiger charge is 2.08. The smallest absolute Gasteiger partial charge is 0.166 e. The summed E-state index contributed by atoms with van der Waals surface area (Å²) >= 11 is 2.18. The molecule has 2 N–H and O–H groups in total. The summed E-state index contributed by atoms with van der Waals surface area (Å²) in [4.78, 5) is 0. The van der Waals surface area contributed by atoms with Gasteiger partial charge in [-0.3, -0.25) is 0 Å². The van der Waals surface area contributed by atoms with E-state index in [0.717, 1.165) is 9.13 Å². The third-order valence-corrected chi connectivity index (χ3v) is 3.18. The molecule has 0 radical (unpaired) electrons. The van der Waals surface area contributed by atoms with Crippen molar-refractivity contribution in [3.63, 3.8) is 0 Å². The normalized spacial score (nSPS) is 12.2. The SMILES string of the molecule is C[C@H](N)c1ccc(Oc2cccc(I)c2)c(F)c1. The van der Waals surface area contributed by atoms with E-state index in [1.165, 1.54) is 6.07 Å². The van der Waals surface area contributed by atoms with Gasteiger partial charge in [0.2, 0.25) is 0 Å². The Morgan fingerprint density at radius 3 is 2.61 bits per heavy atom. The van der Waals surface area contributed by atoms with Crippen LogP contribution in [0.5, 0.6) is 11.5 Å². The van der Waals surface area contributed by atoms with Crippen LogP contribution in [0.15, 0.2) is 42.5 Å². The molecule has 0 fully saturated rings. The van der Waals surface area contributed by atoms with Crippen molar-refractivity contribution in [2.75, 3.05) is 0 Å². The van der Waals surface area contributed by atoms with Crippen LogP contribution in [-0.2, 0) is 0 Å². The molecule has 0 heterocycles. The highest BCUT2D eigenvalue weighted by molar-refractivity contribution is 14.1. The predicted octanol–water partition coefficient (Wildman–Crippen LogP) is 4.24. The largest absolute Gasteiger partial charge is 0.454 e. The summed E-state index contributed by atoms with van der Waals surface area (Å²) in [7, 11) is 0. The molecule has 0 aliphatic heterocycles. The van der Waals surface area contributed by atoms with Crippen LogP contribution in [0.2, 0.25) is 0 Å². The molecule has 0 aliphatic rings. The van der Waals surface area contributed by atoms with Crippen molar-refractivity contribution in [1.29, 1.82) is 0 Å². The number of hydrogen-bond donors (Lipinski definition) is 1. The molecule has 2 rings (SSSR count). The maximum absolute atomic E-state index is 13.8. The van der Waals surface area contributed by atoms with E-state index in [2.05, 4.69) is 22.6 Å². The lowest BCUT2D eigenvalue weighted by Gasteiger charge is -2.10. The molecule has 2 nitrogen and oxygen atoms in total. The van der Waals surface area contributed by atoms with Gasteiger partial charge in [-0.05, 0) is 65.4 Å². The zero-order chi connectivity index (χ0) is 13.1. The van der Waals surface area contributed by atoms with E-state index in [1.54, 1.807) is 18.2 Å². The minimum atomic E-state index is -0.399. The topological polar surface area (TPSA) is 35.2 Å². The van der Waals surface area contributed by atoms with E-state index in [9.17, 15) is 4.39 Å². The second-order valence-corrected chi connectivity index (χ2v) is 5.28. The molecule has 0 spiro atoms. The summed E-state index contributed by atoms with van der Waals surface area (Å²) in [5.74, 6) is 0.430. The molecular weight excluding hydrogens is 344 g/mol. The van der Waals surface area contributed by atoms with Crippen molar-refractivity contribution < 1.29 is 9.13 Å². The molecule has 4 heteroatoms. The molecule has 0 saturated carbocycles. The van der Waals surface area contributed by atoms with Gasteiger partial charge in [-0.2, -0.15) is 0 Å². The highest BCUT2D eigenvalue weighted by Crippen LogP contribution is 2.27. The Morgan fingerprint density at radius 1 is 1.22 bits per heavy atom. The zero-order valence-corrected chi connectivity index (χ0v) is 12.0. The van der Waals surface area contributed by atoms with Gasteiger partial charge < -0.3 is 10.5 Å². The first-order valence-electron chi connectivity index (χ1n) is 5.54. The van der Waals surface area contributed by atoms with E-state index in [1.807, 2.05) is 25.1 Å². The Bertz CT molecular complexity index is 557. The van der Waals surface area contributed by atoms with Crippen molar-refractivity contribution in [2.24, 2.45) is 5.73 Å². The summed E-state index contributed by atoms with van der Waals surface area (Å²) in [6, 6.07) is 12.1. The van der Waals surface area contributed by atoms with Gasteiger partial charge >= 0.3 is 0 Å². The lowest BCUT2D eigenvalue weighted by atomic mass is 10.1. The van der Waals surface area contributed by atoms with Gasteiger partial charge in [0.25, 0.3) is 0 Å². The summed E-state index contributed by atoms with van der Waals surface area (Å²) in [6.07, 6.45) is 0. The first kappa shape index (κ1) is 13.3. The van der Waals surface area contributed by atoms with Crippen molar-refractivity contribution in [1.82, 2.24) is 0 Å². The molecule has 0 amide bonds. The molecule has 94 valence electrons. The van der Waals surface area contributed by atoms with Crippen LogP contribution in [0, 0.1) is 9.39 Å². The molecule has 18 heavy (non-hydrogen) atoms. The van der Waals surface area contributed by atoms with E-state index in [4.69, 9.17) is 10.5 Å². The van der Waals surface area contributed by atoms with Gasteiger partial charge in [0.15, 0.2) is 11.6 Å². The quantitative estimate of drug-likeness (QED) is 0.834. The standard InChI is InChI=1S/C14H13FINO/c1-9(17)10-5-6-14(13(15)7-10)18-12-4-2-3-11(16)8-12/h2-9H,17H2,1H3/t9-/m0/s1. The van der Waals surface area contributed by atoms with Crippen molar-refractivity contribution in [3.8, 4) is 11.5 Å². The van der Waals surface area contributed by atoms with E-state index in [-0.39, 0.29) is 11.8 Å². The van der Waals surface area contributed by atoms with Crippen LogP contribution in [0.3, 0.4) is 0 Å². The molecule has 0 unspecified atom stereocenters. The van der Waals surface area contributed by atoms with Gasteiger partial charge in [-0.25, -0.2) is 4.39 Å². The second kappa shape index (κ2) is 5.67. The maximum Gasteiger partial charge on any atom is 0.166 e. The highest BCUT2D eigenvalue weighted by atomic mass is 127. The van der Waals surface area contributed by atoms with Gasteiger partial charge in [-0.1, -0.05) is 12.1 Å². The minimum absolute atomic E-state index is 0.189. The van der Waals surface area contributed by atoms with E-state index in [0.29, 0.717) is 5.75 Å². The maximum atomic E-state index is 13.8. The lowest BCUT2D eigenvalue weighted by molar-refractivity contribution is 0.441. The number of rotatable bonds is 3. The fourth-order valence-corrected chi connectivity index (χ4v) is 2.06. The Balaban J connectivity index is 2.24. The molecule has 0 bridgehead atoms. The average molecular weight is 357 g/mol. The van der Waals surface area contributed by atoms with Crippen LogP contribution in [0.4, 0.5) is 4.39 Å². The Labute approximate surface area is 119 Å². The summed E-state index contributed by atoms with van der Waals surface area (Å²) in [6.45, 7) is 1.81. The minimum Gasteiger partial charge on any atom is -0.454 e. The van der Waals surface area contributed by atoms with Gasteiger partial charge in [0.1, 0.15) is 5.75 Å². The molecule has 0 saturated heterocycles. The molecule has 0 aliphatic carbocycles. The monoisotopic (exact) mass is 357 g/mol. The predicted molar refractivity (Wildman–Crippen MR) is 78.2 cm³/mol. The van der Waals surface area contributed by atoms with Crippen molar-refractivity contribution >= 4 is 22.6 Å². The Hall–Kier alpha value is -1.14. The van der Waals surface area contributed by atoms with Gasteiger partial charge in [0, 0.05) is 9.61 Å². The van der Waals surface area contributed by atoms with Crippen molar-refractivity contribution in [2.45, 2.75) is 13.0 Å². The van der Waals surface area contributed by atoms with Crippen LogP contribution < -0.4 is 10.5 Å². The summed E-state index contributed by atoms with van der Waals surface area (Å²) < 4.78 is 20.4. The summed E-state index contributed by atoms with van der Waals surface area (Å²) in [5, 5.41) is 0. The van der Waals surface area contributed by atoms with Crippen LogP contribution in [0.25, 0.3) is 0 Å². The van der Waals surface area contributed by atoms with Gasteiger partial charge in [0.05, 0.1) is 0 Å².